The average molecular weight is 233 g/mol. The van der Waals surface area contributed by atoms with Gasteiger partial charge in [0.1, 0.15) is 5.75 Å². The van der Waals surface area contributed by atoms with Crippen molar-refractivity contribution in [2.45, 2.75) is 33.2 Å². The van der Waals surface area contributed by atoms with Crippen LogP contribution in [0.1, 0.15) is 31.4 Å². The van der Waals surface area contributed by atoms with Crippen molar-refractivity contribution in [2.75, 3.05) is 13.7 Å². The molecule has 0 saturated carbocycles. The first-order valence-corrected chi connectivity index (χ1v) is 6.18. The summed E-state index contributed by atoms with van der Waals surface area (Å²) in [6, 6.07) is 6.72. The first-order valence-electron chi connectivity index (χ1n) is 6.18. The molecule has 1 N–H and O–H groups in total. The minimum atomic E-state index is 0.561. The molecular weight excluding hydrogens is 210 g/mol. The van der Waals surface area contributed by atoms with E-state index in [2.05, 4.69) is 50.4 Å². The van der Waals surface area contributed by atoms with Crippen LogP contribution < -0.4 is 10.1 Å². The zero-order chi connectivity index (χ0) is 12.7. The maximum atomic E-state index is 5.19. The molecular formula is C15H23NO. The molecule has 1 aromatic rings. The molecule has 17 heavy (non-hydrogen) atoms. The standard InChI is InChI=1S/C15H23NO/c1-12(2)16-10-6-5-7-14-8-9-15(17-4)11-13(14)3/h5,7-9,11-12,16H,6,10H2,1-4H3. The van der Waals surface area contributed by atoms with Gasteiger partial charge in [0.15, 0.2) is 0 Å². The van der Waals surface area contributed by atoms with Crippen molar-refractivity contribution in [1.29, 1.82) is 0 Å². The number of hydrogen-bond acceptors (Lipinski definition) is 2. The van der Waals surface area contributed by atoms with E-state index in [1.165, 1.54) is 11.1 Å². The number of nitrogens with one attached hydrogen (secondary N) is 1. The molecule has 0 atom stereocenters. The van der Waals surface area contributed by atoms with Crippen LogP contribution in [0.15, 0.2) is 24.3 Å². The zero-order valence-electron chi connectivity index (χ0n) is 11.3. The largest absolute Gasteiger partial charge is 0.497 e. The molecule has 0 aliphatic rings. The van der Waals surface area contributed by atoms with E-state index in [0.29, 0.717) is 6.04 Å². The summed E-state index contributed by atoms with van der Waals surface area (Å²) in [7, 11) is 1.70. The van der Waals surface area contributed by atoms with Crippen molar-refractivity contribution in [1.82, 2.24) is 5.32 Å². The lowest BCUT2D eigenvalue weighted by molar-refractivity contribution is 0.414. The minimum Gasteiger partial charge on any atom is -0.497 e. The molecule has 0 fully saturated rings. The molecule has 0 heterocycles. The molecule has 2 nitrogen and oxygen atoms in total. The molecule has 1 rings (SSSR count). The summed E-state index contributed by atoms with van der Waals surface area (Å²) in [5.74, 6) is 0.918. The van der Waals surface area contributed by atoms with E-state index in [-0.39, 0.29) is 0 Å². The van der Waals surface area contributed by atoms with Gasteiger partial charge in [-0.3, -0.25) is 0 Å². The highest BCUT2D eigenvalue weighted by Gasteiger charge is 1.96. The van der Waals surface area contributed by atoms with Gasteiger partial charge in [-0.05, 0) is 43.1 Å². The Morgan fingerprint density at radius 3 is 2.71 bits per heavy atom. The van der Waals surface area contributed by atoms with Crippen LogP contribution in [0.2, 0.25) is 0 Å². The molecule has 0 bridgehead atoms. The second kappa shape index (κ2) is 7.13. The number of benzene rings is 1. The Morgan fingerprint density at radius 2 is 2.12 bits per heavy atom. The Labute approximate surface area is 105 Å². The lowest BCUT2D eigenvalue weighted by Crippen LogP contribution is -2.23. The normalized spacial score (nSPS) is 11.4. The molecule has 0 saturated heterocycles. The van der Waals surface area contributed by atoms with E-state index in [1.807, 2.05) is 6.07 Å². The van der Waals surface area contributed by atoms with E-state index in [4.69, 9.17) is 4.74 Å². The summed E-state index contributed by atoms with van der Waals surface area (Å²) >= 11 is 0. The Kier molecular flexibility index (Phi) is 5.78. The highest BCUT2D eigenvalue weighted by atomic mass is 16.5. The third-order valence-electron chi connectivity index (χ3n) is 2.64. The van der Waals surface area contributed by atoms with Crippen LogP contribution in [0.3, 0.4) is 0 Å². The topological polar surface area (TPSA) is 21.3 Å². The first kappa shape index (κ1) is 13.8. The van der Waals surface area contributed by atoms with Gasteiger partial charge in [0.05, 0.1) is 7.11 Å². The SMILES string of the molecule is COc1ccc(C=CCCNC(C)C)c(C)c1. The van der Waals surface area contributed by atoms with Gasteiger partial charge in [0, 0.05) is 6.04 Å². The fraction of sp³-hybridized carbons (Fsp3) is 0.467. The highest BCUT2D eigenvalue weighted by Crippen LogP contribution is 2.17. The molecule has 0 radical (unpaired) electrons. The van der Waals surface area contributed by atoms with E-state index >= 15 is 0 Å². The van der Waals surface area contributed by atoms with Crippen LogP contribution in [0.25, 0.3) is 6.08 Å². The lowest BCUT2D eigenvalue weighted by Gasteiger charge is -2.06. The summed E-state index contributed by atoms with van der Waals surface area (Å²) in [6.07, 6.45) is 5.45. The van der Waals surface area contributed by atoms with Gasteiger partial charge in [0.25, 0.3) is 0 Å². The fourth-order valence-electron chi connectivity index (χ4n) is 1.63. The van der Waals surface area contributed by atoms with Crippen molar-refractivity contribution in [3.05, 3.63) is 35.4 Å². The average Bonchev–Trinajstić information content (AvgIpc) is 2.30. The van der Waals surface area contributed by atoms with Crippen molar-refractivity contribution < 1.29 is 4.74 Å². The van der Waals surface area contributed by atoms with Gasteiger partial charge in [-0.2, -0.15) is 0 Å². The van der Waals surface area contributed by atoms with Crippen molar-refractivity contribution in [3.8, 4) is 5.75 Å². The van der Waals surface area contributed by atoms with Gasteiger partial charge in [-0.25, -0.2) is 0 Å². The summed E-state index contributed by atoms with van der Waals surface area (Å²) in [6.45, 7) is 7.46. The predicted octanol–water partition coefficient (Wildman–Crippen LogP) is 3.40. The molecule has 94 valence electrons. The summed E-state index contributed by atoms with van der Waals surface area (Å²) in [5, 5.41) is 3.39. The minimum absolute atomic E-state index is 0.561. The third-order valence-corrected chi connectivity index (χ3v) is 2.64. The Hall–Kier alpha value is -1.28. The van der Waals surface area contributed by atoms with E-state index in [9.17, 15) is 0 Å². The summed E-state index contributed by atoms with van der Waals surface area (Å²) < 4.78 is 5.19. The highest BCUT2D eigenvalue weighted by molar-refractivity contribution is 5.55. The number of aryl methyl sites for hydroxylation is 1. The van der Waals surface area contributed by atoms with Crippen LogP contribution in [-0.4, -0.2) is 19.7 Å². The smallest absolute Gasteiger partial charge is 0.119 e. The lowest BCUT2D eigenvalue weighted by atomic mass is 10.1. The molecule has 0 unspecified atom stereocenters. The van der Waals surface area contributed by atoms with E-state index in [0.717, 1.165) is 18.7 Å². The van der Waals surface area contributed by atoms with Crippen molar-refractivity contribution >= 4 is 6.08 Å². The number of methoxy groups -OCH3 is 1. The summed E-state index contributed by atoms with van der Waals surface area (Å²) in [5.41, 5.74) is 2.51. The molecule has 0 aromatic heterocycles. The van der Waals surface area contributed by atoms with E-state index in [1.54, 1.807) is 7.11 Å². The van der Waals surface area contributed by atoms with Crippen LogP contribution in [0.4, 0.5) is 0 Å². The predicted molar refractivity (Wildman–Crippen MR) is 74.5 cm³/mol. The first-order chi connectivity index (χ1) is 8.13. The molecule has 0 spiro atoms. The molecule has 1 aromatic carbocycles. The van der Waals surface area contributed by atoms with E-state index < -0.39 is 0 Å². The monoisotopic (exact) mass is 233 g/mol. The third kappa shape index (κ3) is 5.05. The van der Waals surface area contributed by atoms with Crippen LogP contribution in [0, 0.1) is 6.92 Å². The molecule has 0 amide bonds. The molecule has 0 aliphatic heterocycles. The molecule has 2 heteroatoms. The van der Waals surface area contributed by atoms with Crippen LogP contribution in [0.5, 0.6) is 5.75 Å². The number of hydrogen-bond donors (Lipinski definition) is 1. The second-order valence-corrected chi connectivity index (χ2v) is 4.52. The van der Waals surface area contributed by atoms with Gasteiger partial charge < -0.3 is 10.1 Å². The molecule has 0 aliphatic carbocycles. The van der Waals surface area contributed by atoms with Crippen molar-refractivity contribution in [2.24, 2.45) is 0 Å². The maximum Gasteiger partial charge on any atom is 0.119 e. The summed E-state index contributed by atoms with van der Waals surface area (Å²) in [4.78, 5) is 0. The van der Waals surface area contributed by atoms with Gasteiger partial charge in [-0.1, -0.05) is 32.1 Å². The Morgan fingerprint density at radius 1 is 1.35 bits per heavy atom. The Balaban J connectivity index is 2.48. The van der Waals surface area contributed by atoms with Gasteiger partial charge in [0.2, 0.25) is 0 Å². The van der Waals surface area contributed by atoms with Crippen LogP contribution in [-0.2, 0) is 0 Å². The van der Waals surface area contributed by atoms with Gasteiger partial charge in [-0.15, -0.1) is 0 Å². The van der Waals surface area contributed by atoms with Crippen LogP contribution >= 0.6 is 0 Å². The van der Waals surface area contributed by atoms with Crippen molar-refractivity contribution in [3.63, 3.8) is 0 Å². The number of ether oxygens (including phenoxy) is 1. The quantitative estimate of drug-likeness (QED) is 0.760. The fourth-order valence-corrected chi connectivity index (χ4v) is 1.63. The Bertz CT molecular complexity index is 369. The maximum absolute atomic E-state index is 5.19. The zero-order valence-corrected chi connectivity index (χ0v) is 11.3. The second-order valence-electron chi connectivity index (χ2n) is 4.52. The number of rotatable bonds is 6. The van der Waals surface area contributed by atoms with Gasteiger partial charge >= 0.3 is 0 Å².